The molecule has 1 aliphatic rings. The second-order valence-corrected chi connectivity index (χ2v) is 5.53. The van der Waals surface area contributed by atoms with Crippen molar-refractivity contribution in [3.8, 4) is 0 Å². The number of likely N-dealkylation sites (tertiary alicyclic amines) is 1. The summed E-state index contributed by atoms with van der Waals surface area (Å²) in [5.41, 5.74) is 1.53. The Labute approximate surface area is 123 Å². The summed E-state index contributed by atoms with van der Waals surface area (Å²) >= 11 is 0. The van der Waals surface area contributed by atoms with Crippen molar-refractivity contribution in [2.24, 2.45) is 0 Å². The van der Waals surface area contributed by atoms with Crippen LogP contribution in [0.2, 0.25) is 0 Å². The molecule has 0 aliphatic carbocycles. The topological polar surface area (TPSA) is 56.4 Å². The van der Waals surface area contributed by atoms with Gasteiger partial charge in [0.2, 0.25) is 5.91 Å². The van der Waals surface area contributed by atoms with Crippen LogP contribution in [-0.4, -0.2) is 53.3 Å². The largest absolute Gasteiger partial charge is 0.361 e. The molecule has 110 valence electrons. The Morgan fingerprint density at radius 2 is 2.00 bits per heavy atom. The van der Waals surface area contributed by atoms with E-state index in [2.05, 4.69) is 4.98 Å². The first kappa shape index (κ1) is 13.7. The second-order valence-electron chi connectivity index (χ2n) is 5.53. The van der Waals surface area contributed by atoms with Gasteiger partial charge < -0.3 is 14.8 Å². The number of aromatic amines is 1. The minimum atomic E-state index is -0.126. The number of rotatable bonds is 3. The summed E-state index contributed by atoms with van der Waals surface area (Å²) in [5, 5.41) is 1.07. The van der Waals surface area contributed by atoms with Crippen molar-refractivity contribution in [1.29, 1.82) is 0 Å². The van der Waals surface area contributed by atoms with Crippen molar-refractivity contribution in [2.75, 3.05) is 26.7 Å². The van der Waals surface area contributed by atoms with Crippen LogP contribution in [0.5, 0.6) is 0 Å². The van der Waals surface area contributed by atoms with Gasteiger partial charge in [0.15, 0.2) is 0 Å². The van der Waals surface area contributed by atoms with E-state index in [1.165, 1.54) is 4.90 Å². The fourth-order valence-electron chi connectivity index (χ4n) is 2.74. The lowest BCUT2D eigenvalue weighted by atomic mass is 10.1. The van der Waals surface area contributed by atoms with Crippen molar-refractivity contribution in [3.05, 3.63) is 36.0 Å². The van der Waals surface area contributed by atoms with Crippen LogP contribution in [0.25, 0.3) is 10.9 Å². The zero-order valence-corrected chi connectivity index (χ0v) is 12.1. The van der Waals surface area contributed by atoms with Crippen LogP contribution in [0, 0.1) is 0 Å². The maximum Gasteiger partial charge on any atom is 0.254 e. The Morgan fingerprint density at radius 3 is 2.76 bits per heavy atom. The van der Waals surface area contributed by atoms with E-state index >= 15 is 0 Å². The molecule has 5 heteroatoms. The molecule has 0 bridgehead atoms. The lowest BCUT2D eigenvalue weighted by molar-refractivity contribution is -0.130. The number of likely N-dealkylation sites (N-methyl/N-ethyl adjacent to an activating group) is 1. The van der Waals surface area contributed by atoms with E-state index in [1.54, 1.807) is 13.1 Å². The molecular weight excluding hydrogens is 266 g/mol. The zero-order valence-electron chi connectivity index (χ0n) is 12.1. The summed E-state index contributed by atoms with van der Waals surface area (Å²) < 4.78 is 0. The Balaban J connectivity index is 1.69. The fraction of sp³-hybridized carbons (Fsp3) is 0.375. The summed E-state index contributed by atoms with van der Waals surface area (Å²) in [6, 6.07) is 7.50. The number of H-pyrrole nitrogens is 1. The molecule has 2 amide bonds. The molecule has 0 unspecified atom stereocenters. The number of nitrogens with one attached hydrogen (secondary N) is 1. The van der Waals surface area contributed by atoms with Gasteiger partial charge in [-0.3, -0.25) is 9.59 Å². The molecule has 21 heavy (non-hydrogen) atoms. The third kappa shape index (κ3) is 2.77. The van der Waals surface area contributed by atoms with Gasteiger partial charge in [-0.05, 0) is 36.4 Å². The molecule has 0 spiro atoms. The van der Waals surface area contributed by atoms with Gasteiger partial charge in [0.25, 0.3) is 5.91 Å². The number of carbonyl (C=O) groups excluding carboxylic acids is 2. The predicted molar refractivity (Wildman–Crippen MR) is 81.1 cm³/mol. The summed E-state index contributed by atoms with van der Waals surface area (Å²) in [6.07, 6.45) is 3.97. The van der Waals surface area contributed by atoms with Crippen LogP contribution < -0.4 is 0 Å². The minimum Gasteiger partial charge on any atom is -0.361 e. The third-order valence-corrected chi connectivity index (χ3v) is 3.98. The summed E-state index contributed by atoms with van der Waals surface area (Å²) in [7, 11) is 1.68. The molecule has 2 aromatic rings. The minimum absolute atomic E-state index is 0.0318. The number of benzene rings is 1. The van der Waals surface area contributed by atoms with Crippen molar-refractivity contribution >= 4 is 22.7 Å². The quantitative estimate of drug-likeness (QED) is 0.936. The molecule has 1 aliphatic heterocycles. The highest BCUT2D eigenvalue weighted by atomic mass is 16.2. The first-order valence-electron chi connectivity index (χ1n) is 7.25. The van der Waals surface area contributed by atoms with Gasteiger partial charge >= 0.3 is 0 Å². The highest BCUT2D eigenvalue weighted by molar-refractivity contribution is 5.99. The molecule has 2 heterocycles. The number of carbonyl (C=O) groups is 2. The van der Waals surface area contributed by atoms with Gasteiger partial charge in [-0.1, -0.05) is 6.07 Å². The molecular formula is C16H19N3O2. The predicted octanol–water partition coefficient (Wildman–Crippen LogP) is 1.86. The van der Waals surface area contributed by atoms with Gasteiger partial charge in [0.05, 0.1) is 6.54 Å². The average molecular weight is 285 g/mol. The summed E-state index contributed by atoms with van der Waals surface area (Å²) in [4.78, 5) is 30.9. The van der Waals surface area contributed by atoms with Gasteiger partial charge in [-0.25, -0.2) is 0 Å². The number of fused-ring (bicyclic) bond motifs is 1. The zero-order chi connectivity index (χ0) is 14.8. The Morgan fingerprint density at radius 1 is 1.24 bits per heavy atom. The van der Waals surface area contributed by atoms with Crippen LogP contribution in [0.3, 0.4) is 0 Å². The van der Waals surface area contributed by atoms with Crippen LogP contribution >= 0.6 is 0 Å². The third-order valence-electron chi connectivity index (χ3n) is 3.98. The van der Waals surface area contributed by atoms with Crippen LogP contribution in [-0.2, 0) is 4.79 Å². The molecule has 1 aromatic heterocycles. The normalized spacial score (nSPS) is 14.6. The van der Waals surface area contributed by atoms with E-state index in [1.807, 2.05) is 29.3 Å². The molecule has 0 atom stereocenters. The number of hydrogen-bond acceptors (Lipinski definition) is 2. The number of amides is 2. The van der Waals surface area contributed by atoms with Gasteiger partial charge in [-0.15, -0.1) is 0 Å². The molecule has 0 saturated carbocycles. The molecule has 1 aromatic carbocycles. The summed E-state index contributed by atoms with van der Waals surface area (Å²) in [5.74, 6) is -0.0941. The fourth-order valence-corrected chi connectivity index (χ4v) is 2.74. The first-order chi connectivity index (χ1) is 10.1. The molecule has 1 N–H and O–H groups in total. The summed E-state index contributed by atoms with van der Waals surface area (Å²) in [6.45, 7) is 1.77. The molecule has 1 saturated heterocycles. The second kappa shape index (κ2) is 5.60. The van der Waals surface area contributed by atoms with E-state index < -0.39 is 0 Å². The standard InChI is InChI=1S/C16H19N3O2/c1-18(11-15(20)19-8-2-3-9-19)16(21)13-5-4-12-6-7-17-14(12)10-13/h4-7,10,17H,2-3,8-9,11H2,1H3. The molecule has 5 nitrogen and oxygen atoms in total. The Kier molecular flexibility index (Phi) is 3.64. The van der Waals surface area contributed by atoms with Gasteiger partial charge in [0.1, 0.15) is 0 Å². The first-order valence-corrected chi connectivity index (χ1v) is 7.25. The monoisotopic (exact) mass is 285 g/mol. The smallest absolute Gasteiger partial charge is 0.254 e. The van der Waals surface area contributed by atoms with Crippen LogP contribution in [0.15, 0.2) is 30.5 Å². The van der Waals surface area contributed by atoms with E-state index in [0.717, 1.165) is 36.8 Å². The van der Waals surface area contributed by atoms with Crippen molar-refractivity contribution in [1.82, 2.24) is 14.8 Å². The lowest BCUT2D eigenvalue weighted by Gasteiger charge is -2.21. The average Bonchev–Trinajstić information content (AvgIpc) is 3.16. The van der Waals surface area contributed by atoms with E-state index in [0.29, 0.717) is 5.56 Å². The van der Waals surface area contributed by atoms with E-state index in [-0.39, 0.29) is 18.4 Å². The molecule has 0 radical (unpaired) electrons. The van der Waals surface area contributed by atoms with Crippen molar-refractivity contribution in [3.63, 3.8) is 0 Å². The number of nitrogens with zero attached hydrogens (tertiary/aromatic N) is 2. The van der Waals surface area contributed by atoms with E-state index in [9.17, 15) is 9.59 Å². The number of hydrogen-bond donors (Lipinski definition) is 1. The highest BCUT2D eigenvalue weighted by Gasteiger charge is 2.21. The van der Waals surface area contributed by atoms with Crippen molar-refractivity contribution in [2.45, 2.75) is 12.8 Å². The molecule has 3 rings (SSSR count). The highest BCUT2D eigenvalue weighted by Crippen LogP contribution is 2.15. The molecule has 1 fully saturated rings. The van der Waals surface area contributed by atoms with E-state index in [4.69, 9.17) is 0 Å². The van der Waals surface area contributed by atoms with Crippen molar-refractivity contribution < 1.29 is 9.59 Å². The Hall–Kier alpha value is -2.30. The number of aromatic nitrogens is 1. The Bertz CT molecular complexity index is 671. The van der Waals surface area contributed by atoms with Crippen LogP contribution in [0.1, 0.15) is 23.2 Å². The van der Waals surface area contributed by atoms with Gasteiger partial charge in [0, 0.05) is 37.4 Å². The maximum absolute atomic E-state index is 12.4. The van der Waals surface area contributed by atoms with Crippen LogP contribution in [0.4, 0.5) is 0 Å². The lowest BCUT2D eigenvalue weighted by Crippen LogP contribution is -2.39. The van der Waals surface area contributed by atoms with Gasteiger partial charge in [-0.2, -0.15) is 0 Å². The maximum atomic E-state index is 12.4. The SMILES string of the molecule is CN(CC(=O)N1CCCC1)C(=O)c1ccc2cc[nH]c2c1.